The molecule has 0 bridgehead atoms. The molecule has 0 fully saturated rings. The standard InChI is InChI=1S/C20H19ClO/c1-2-12-3-6-16-14(9-12)11-19(22)20-17-8-5-15(21)10-13(17)4-7-18(16)20/h3-8,10,12,19,22H,2,9,11H2,1H3. The van der Waals surface area contributed by atoms with Crippen LogP contribution in [-0.2, 0) is 0 Å². The number of hydrogen-bond donors (Lipinski definition) is 1. The van der Waals surface area contributed by atoms with Gasteiger partial charge in [-0.3, -0.25) is 0 Å². The van der Waals surface area contributed by atoms with E-state index >= 15 is 0 Å². The molecule has 0 aliphatic heterocycles. The third-order valence-corrected chi connectivity index (χ3v) is 5.27. The molecule has 0 amide bonds. The Bertz CT molecular complexity index is 816. The second-order valence-electron chi connectivity index (χ2n) is 6.36. The Hall–Kier alpha value is -1.57. The quantitative estimate of drug-likeness (QED) is 0.719. The maximum absolute atomic E-state index is 10.7. The number of halogens is 1. The van der Waals surface area contributed by atoms with Gasteiger partial charge < -0.3 is 5.11 Å². The summed E-state index contributed by atoms with van der Waals surface area (Å²) in [7, 11) is 0. The number of hydrogen-bond acceptors (Lipinski definition) is 1. The first-order valence-corrected chi connectivity index (χ1v) is 8.36. The molecule has 0 aromatic heterocycles. The fourth-order valence-corrected chi connectivity index (χ4v) is 4.03. The smallest absolute Gasteiger partial charge is 0.0839 e. The molecule has 2 aromatic carbocycles. The molecular weight excluding hydrogens is 292 g/mol. The molecule has 2 unspecified atom stereocenters. The van der Waals surface area contributed by atoms with Crippen molar-refractivity contribution in [1.82, 2.24) is 0 Å². The van der Waals surface area contributed by atoms with Crippen molar-refractivity contribution in [1.29, 1.82) is 0 Å². The van der Waals surface area contributed by atoms with Crippen molar-refractivity contribution in [3.63, 3.8) is 0 Å². The number of aliphatic hydroxyl groups is 1. The van der Waals surface area contributed by atoms with Gasteiger partial charge in [0.05, 0.1) is 6.10 Å². The Kier molecular flexibility index (Phi) is 3.36. The first-order valence-electron chi connectivity index (χ1n) is 7.98. The van der Waals surface area contributed by atoms with Crippen LogP contribution >= 0.6 is 11.6 Å². The molecule has 112 valence electrons. The van der Waals surface area contributed by atoms with E-state index in [4.69, 9.17) is 11.6 Å². The molecule has 0 saturated carbocycles. The summed E-state index contributed by atoms with van der Waals surface area (Å²) in [5, 5.41) is 13.7. The number of rotatable bonds is 1. The molecule has 1 nitrogen and oxygen atoms in total. The Balaban J connectivity index is 1.93. The molecule has 0 saturated heterocycles. The minimum Gasteiger partial charge on any atom is -0.388 e. The zero-order chi connectivity index (χ0) is 15.3. The van der Waals surface area contributed by atoms with E-state index in [1.54, 1.807) is 0 Å². The van der Waals surface area contributed by atoms with Crippen LogP contribution < -0.4 is 0 Å². The molecule has 0 heterocycles. The van der Waals surface area contributed by atoms with Crippen LogP contribution in [0.25, 0.3) is 16.3 Å². The zero-order valence-electron chi connectivity index (χ0n) is 12.6. The Morgan fingerprint density at radius 2 is 2.05 bits per heavy atom. The van der Waals surface area contributed by atoms with Crippen LogP contribution in [0, 0.1) is 5.92 Å². The highest BCUT2D eigenvalue weighted by atomic mass is 35.5. The van der Waals surface area contributed by atoms with Crippen LogP contribution in [0.1, 0.15) is 43.4 Å². The highest BCUT2D eigenvalue weighted by Gasteiger charge is 2.28. The van der Waals surface area contributed by atoms with Crippen molar-refractivity contribution in [2.75, 3.05) is 0 Å². The summed E-state index contributed by atoms with van der Waals surface area (Å²) >= 11 is 6.10. The average molecular weight is 311 g/mol. The van der Waals surface area contributed by atoms with Gasteiger partial charge in [0.2, 0.25) is 0 Å². The molecule has 4 rings (SSSR count). The molecule has 0 radical (unpaired) electrons. The van der Waals surface area contributed by atoms with Crippen molar-refractivity contribution >= 4 is 27.9 Å². The molecule has 2 aliphatic rings. The summed E-state index contributed by atoms with van der Waals surface area (Å²) in [6.45, 7) is 2.23. The SMILES string of the molecule is CCC1C=CC2=C(C1)CC(O)c1c2ccc2cc(Cl)ccc12. The monoisotopic (exact) mass is 310 g/mol. The summed E-state index contributed by atoms with van der Waals surface area (Å²) in [5.74, 6) is 0.617. The largest absolute Gasteiger partial charge is 0.388 e. The van der Waals surface area contributed by atoms with Crippen molar-refractivity contribution in [2.24, 2.45) is 5.92 Å². The number of benzene rings is 2. The van der Waals surface area contributed by atoms with Crippen LogP contribution in [0.15, 0.2) is 48.1 Å². The van der Waals surface area contributed by atoms with E-state index in [2.05, 4.69) is 31.2 Å². The number of fused-ring (bicyclic) bond motifs is 4. The molecular formula is C20H19ClO. The van der Waals surface area contributed by atoms with E-state index in [0.717, 1.165) is 40.6 Å². The van der Waals surface area contributed by atoms with E-state index in [9.17, 15) is 5.11 Å². The van der Waals surface area contributed by atoms with Gasteiger partial charge in [0.15, 0.2) is 0 Å². The number of allylic oxidation sites excluding steroid dienone is 3. The van der Waals surface area contributed by atoms with Gasteiger partial charge in [0.1, 0.15) is 0 Å². The predicted octanol–water partition coefficient (Wildman–Crippen LogP) is 5.67. The van der Waals surface area contributed by atoms with Gasteiger partial charge in [0.25, 0.3) is 0 Å². The summed E-state index contributed by atoms with van der Waals surface area (Å²) in [5.41, 5.74) is 4.98. The van der Waals surface area contributed by atoms with E-state index in [-0.39, 0.29) is 0 Å². The van der Waals surface area contributed by atoms with Gasteiger partial charge in [-0.15, -0.1) is 0 Å². The fraction of sp³-hybridized carbons (Fsp3) is 0.300. The summed E-state index contributed by atoms with van der Waals surface area (Å²) in [4.78, 5) is 0. The molecule has 2 aliphatic carbocycles. The Labute approximate surface area is 135 Å². The molecule has 2 atom stereocenters. The van der Waals surface area contributed by atoms with Crippen molar-refractivity contribution in [3.8, 4) is 0 Å². The molecule has 0 spiro atoms. The van der Waals surface area contributed by atoms with Gasteiger partial charge in [-0.1, -0.05) is 54.4 Å². The first kappa shape index (κ1) is 14.0. The normalized spacial score (nSPS) is 23.6. The van der Waals surface area contributed by atoms with Crippen LogP contribution in [0.2, 0.25) is 5.02 Å². The lowest BCUT2D eigenvalue weighted by molar-refractivity contribution is 0.176. The summed E-state index contributed by atoms with van der Waals surface area (Å²) in [6, 6.07) is 10.2. The Morgan fingerprint density at radius 1 is 1.18 bits per heavy atom. The lowest BCUT2D eigenvalue weighted by atomic mass is 9.75. The predicted molar refractivity (Wildman–Crippen MR) is 93.0 cm³/mol. The lowest BCUT2D eigenvalue weighted by Crippen LogP contribution is -2.15. The minimum atomic E-state index is -0.414. The summed E-state index contributed by atoms with van der Waals surface area (Å²) < 4.78 is 0. The van der Waals surface area contributed by atoms with E-state index in [1.165, 1.54) is 16.7 Å². The van der Waals surface area contributed by atoms with E-state index in [1.807, 2.05) is 18.2 Å². The molecule has 2 aromatic rings. The van der Waals surface area contributed by atoms with Gasteiger partial charge in [-0.25, -0.2) is 0 Å². The van der Waals surface area contributed by atoms with Gasteiger partial charge in [0, 0.05) is 5.02 Å². The highest BCUT2D eigenvalue weighted by molar-refractivity contribution is 6.31. The second-order valence-corrected chi connectivity index (χ2v) is 6.80. The van der Waals surface area contributed by atoms with Crippen molar-refractivity contribution in [2.45, 2.75) is 32.3 Å². The van der Waals surface area contributed by atoms with Crippen molar-refractivity contribution in [3.05, 3.63) is 64.2 Å². The third kappa shape index (κ3) is 2.12. The zero-order valence-corrected chi connectivity index (χ0v) is 13.4. The highest BCUT2D eigenvalue weighted by Crippen LogP contribution is 2.45. The maximum atomic E-state index is 10.7. The van der Waals surface area contributed by atoms with Crippen molar-refractivity contribution < 1.29 is 5.11 Å². The molecule has 22 heavy (non-hydrogen) atoms. The third-order valence-electron chi connectivity index (χ3n) is 5.04. The van der Waals surface area contributed by atoms with Crippen LogP contribution in [0.5, 0.6) is 0 Å². The topological polar surface area (TPSA) is 20.2 Å². The maximum Gasteiger partial charge on any atom is 0.0839 e. The minimum absolute atomic E-state index is 0.414. The molecule has 2 heteroatoms. The van der Waals surface area contributed by atoms with E-state index < -0.39 is 6.10 Å². The van der Waals surface area contributed by atoms with Gasteiger partial charge in [-0.05, 0) is 64.8 Å². The fourth-order valence-electron chi connectivity index (χ4n) is 3.85. The number of aliphatic hydroxyl groups excluding tert-OH is 1. The van der Waals surface area contributed by atoms with Crippen LogP contribution in [0.3, 0.4) is 0 Å². The van der Waals surface area contributed by atoms with Crippen LogP contribution in [0.4, 0.5) is 0 Å². The van der Waals surface area contributed by atoms with Gasteiger partial charge in [-0.2, -0.15) is 0 Å². The van der Waals surface area contributed by atoms with Gasteiger partial charge >= 0.3 is 0 Å². The molecule has 1 N–H and O–H groups in total. The lowest BCUT2D eigenvalue weighted by Gasteiger charge is -2.31. The average Bonchev–Trinajstić information content (AvgIpc) is 2.53. The van der Waals surface area contributed by atoms with Crippen LogP contribution in [-0.4, -0.2) is 5.11 Å². The first-order chi connectivity index (χ1) is 10.7. The Morgan fingerprint density at radius 3 is 2.86 bits per heavy atom. The van der Waals surface area contributed by atoms with E-state index in [0.29, 0.717) is 5.92 Å². The second kappa shape index (κ2) is 5.26. The summed E-state index contributed by atoms with van der Waals surface area (Å²) in [6.07, 6.45) is 7.17.